The van der Waals surface area contributed by atoms with Gasteiger partial charge in [0, 0.05) is 24.8 Å². The maximum Gasteiger partial charge on any atom is 0.269 e. The van der Waals surface area contributed by atoms with E-state index >= 15 is 0 Å². The summed E-state index contributed by atoms with van der Waals surface area (Å²) in [5, 5.41) is 5.69. The van der Waals surface area contributed by atoms with Crippen LogP contribution in [0.25, 0.3) is 0 Å². The largest absolute Gasteiger partial charge is 0.352 e. The molecule has 0 bridgehead atoms. The van der Waals surface area contributed by atoms with Crippen LogP contribution in [0.3, 0.4) is 0 Å². The van der Waals surface area contributed by atoms with Crippen LogP contribution in [-0.2, 0) is 6.42 Å². The molecule has 2 amide bonds. The van der Waals surface area contributed by atoms with Crippen molar-refractivity contribution in [2.75, 3.05) is 13.1 Å². The standard InChI is InChI=1S/C20H25N3O2/c1-15(2)14-23-20(25)18-13-17(10-12-21-18)19(24)22-11-6-9-16-7-4-3-5-8-16/h3-5,7-8,10,12-13,15H,6,9,11,14H2,1-2H3,(H,22,24)(H,23,25). The van der Waals surface area contributed by atoms with E-state index in [4.69, 9.17) is 0 Å². The molecule has 0 aliphatic carbocycles. The summed E-state index contributed by atoms with van der Waals surface area (Å²) in [5.41, 5.74) is 1.96. The number of aromatic nitrogens is 1. The molecule has 5 heteroatoms. The molecule has 1 aromatic heterocycles. The van der Waals surface area contributed by atoms with Gasteiger partial charge in [0.2, 0.25) is 0 Å². The van der Waals surface area contributed by atoms with Crippen LogP contribution in [0.5, 0.6) is 0 Å². The van der Waals surface area contributed by atoms with E-state index < -0.39 is 0 Å². The Hall–Kier alpha value is -2.69. The molecule has 2 N–H and O–H groups in total. The van der Waals surface area contributed by atoms with Crippen molar-refractivity contribution in [2.45, 2.75) is 26.7 Å². The van der Waals surface area contributed by atoms with Crippen LogP contribution in [0.4, 0.5) is 0 Å². The Bertz CT molecular complexity index is 699. The van der Waals surface area contributed by atoms with Gasteiger partial charge in [-0.15, -0.1) is 0 Å². The molecular weight excluding hydrogens is 314 g/mol. The van der Waals surface area contributed by atoms with Crippen LogP contribution < -0.4 is 10.6 Å². The predicted octanol–water partition coefficient (Wildman–Crippen LogP) is 2.83. The number of hydrogen-bond acceptors (Lipinski definition) is 3. The monoisotopic (exact) mass is 339 g/mol. The highest BCUT2D eigenvalue weighted by Gasteiger charge is 2.11. The molecule has 0 radical (unpaired) electrons. The molecule has 0 spiro atoms. The first-order chi connectivity index (χ1) is 12.1. The van der Waals surface area contributed by atoms with Gasteiger partial charge >= 0.3 is 0 Å². The second-order valence-corrected chi connectivity index (χ2v) is 6.38. The summed E-state index contributed by atoms with van der Waals surface area (Å²) in [7, 11) is 0. The average molecular weight is 339 g/mol. The van der Waals surface area contributed by atoms with Gasteiger partial charge in [0.15, 0.2) is 0 Å². The van der Waals surface area contributed by atoms with Gasteiger partial charge in [-0.1, -0.05) is 44.2 Å². The second kappa shape index (κ2) is 9.57. The van der Waals surface area contributed by atoms with Gasteiger partial charge in [-0.2, -0.15) is 0 Å². The number of nitrogens with zero attached hydrogens (tertiary/aromatic N) is 1. The van der Waals surface area contributed by atoms with Gasteiger partial charge in [0.25, 0.3) is 11.8 Å². The van der Waals surface area contributed by atoms with Gasteiger partial charge in [0.1, 0.15) is 5.69 Å². The molecule has 0 aliphatic rings. The first-order valence-corrected chi connectivity index (χ1v) is 8.62. The van der Waals surface area contributed by atoms with Crippen LogP contribution in [0.15, 0.2) is 48.7 Å². The van der Waals surface area contributed by atoms with E-state index in [1.165, 1.54) is 17.8 Å². The Balaban J connectivity index is 1.83. The fourth-order valence-electron chi connectivity index (χ4n) is 2.32. The molecule has 0 fully saturated rings. The Morgan fingerprint density at radius 2 is 1.80 bits per heavy atom. The summed E-state index contributed by atoms with van der Waals surface area (Å²) in [6.07, 6.45) is 3.27. The average Bonchev–Trinajstić information content (AvgIpc) is 2.64. The van der Waals surface area contributed by atoms with Gasteiger partial charge in [-0.25, -0.2) is 0 Å². The topological polar surface area (TPSA) is 71.1 Å². The fourth-order valence-corrected chi connectivity index (χ4v) is 2.32. The molecule has 0 unspecified atom stereocenters. The highest BCUT2D eigenvalue weighted by atomic mass is 16.2. The summed E-state index contributed by atoms with van der Waals surface area (Å²) in [6.45, 7) is 5.21. The minimum atomic E-state index is -0.257. The summed E-state index contributed by atoms with van der Waals surface area (Å²) >= 11 is 0. The van der Waals surface area contributed by atoms with E-state index in [0.717, 1.165) is 12.8 Å². The van der Waals surface area contributed by atoms with E-state index in [1.54, 1.807) is 6.07 Å². The number of amides is 2. The Morgan fingerprint density at radius 3 is 2.52 bits per heavy atom. The summed E-state index contributed by atoms with van der Waals surface area (Å²) in [5.74, 6) is -0.0826. The Labute approximate surface area is 148 Å². The first-order valence-electron chi connectivity index (χ1n) is 8.62. The van der Waals surface area contributed by atoms with Gasteiger partial charge < -0.3 is 10.6 Å². The number of pyridine rings is 1. The van der Waals surface area contributed by atoms with Crippen molar-refractivity contribution >= 4 is 11.8 Å². The SMILES string of the molecule is CC(C)CNC(=O)c1cc(C(=O)NCCCc2ccccc2)ccn1. The maximum absolute atomic E-state index is 12.2. The number of benzene rings is 1. The minimum Gasteiger partial charge on any atom is -0.352 e. The molecule has 1 aromatic carbocycles. The summed E-state index contributed by atoms with van der Waals surface area (Å²) in [4.78, 5) is 28.3. The molecule has 2 rings (SSSR count). The zero-order valence-electron chi connectivity index (χ0n) is 14.8. The number of carbonyl (C=O) groups excluding carboxylic acids is 2. The third-order valence-electron chi connectivity index (χ3n) is 3.70. The molecule has 0 saturated carbocycles. The van der Waals surface area contributed by atoms with E-state index in [9.17, 15) is 9.59 Å². The first kappa shape index (κ1) is 18.6. The van der Waals surface area contributed by atoms with E-state index in [1.807, 2.05) is 32.0 Å². The number of rotatable bonds is 8. The zero-order chi connectivity index (χ0) is 18.1. The predicted molar refractivity (Wildman–Crippen MR) is 98.5 cm³/mol. The van der Waals surface area contributed by atoms with Crippen molar-refractivity contribution in [1.29, 1.82) is 0 Å². The molecule has 0 saturated heterocycles. The molecule has 132 valence electrons. The van der Waals surface area contributed by atoms with Crippen molar-refractivity contribution in [2.24, 2.45) is 5.92 Å². The lowest BCUT2D eigenvalue weighted by atomic mass is 10.1. The van der Waals surface area contributed by atoms with Gasteiger partial charge in [0.05, 0.1) is 0 Å². The smallest absolute Gasteiger partial charge is 0.269 e. The second-order valence-electron chi connectivity index (χ2n) is 6.38. The Morgan fingerprint density at radius 1 is 1.04 bits per heavy atom. The van der Waals surface area contributed by atoms with Crippen LogP contribution in [-0.4, -0.2) is 29.9 Å². The van der Waals surface area contributed by atoms with E-state index in [-0.39, 0.29) is 17.5 Å². The van der Waals surface area contributed by atoms with Crippen LogP contribution in [0.2, 0.25) is 0 Å². The van der Waals surface area contributed by atoms with Gasteiger partial charge in [-0.3, -0.25) is 14.6 Å². The van der Waals surface area contributed by atoms with E-state index in [2.05, 4.69) is 27.8 Å². The number of carbonyl (C=O) groups is 2. The molecule has 0 atom stereocenters. The third-order valence-corrected chi connectivity index (χ3v) is 3.70. The van der Waals surface area contributed by atoms with E-state index in [0.29, 0.717) is 24.6 Å². The van der Waals surface area contributed by atoms with Crippen molar-refractivity contribution in [3.8, 4) is 0 Å². The molecule has 1 heterocycles. The highest BCUT2D eigenvalue weighted by Crippen LogP contribution is 2.04. The summed E-state index contributed by atoms with van der Waals surface area (Å²) < 4.78 is 0. The maximum atomic E-state index is 12.2. The summed E-state index contributed by atoms with van der Waals surface area (Å²) in [6, 6.07) is 13.3. The zero-order valence-corrected chi connectivity index (χ0v) is 14.8. The molecule has 25 heavy (non-hydrogen) atoms. The number of nitrogens with one attached hydrogen (secondary N) is 2. The quantitative estimate of drug-likeness (QED) is 0.727. The number of hydrogen-bond donors (Lipinski definition) is 2. The van der Waals surface area contributed by atoms with Crippen LogP contribution in [0, 0.1) is 5.92 Å². The van der Waals surface area contributed by atoms with Crippen LogP contribution >= 0.6 is 0 Å². The lowest BCUT2D eigenvalue weighted by Crippen LogP contribution is -2.29. The van der Waals surface area contributed by atoms with Crippen molar-refractivity contribution < 1.29 is 9.59 Å². The van der Waals surface area contributed by atoms with Crippen LogP contribution in [0.1, 0.15) is 46.7 Å². The lowest BCUT2D eigenvalue weighted by Gasteiger charge is -2.09. The van der Waals surface area contributed by atoms with Crippen molar-refractivity contribution in [3.63, 3.8) is 0 Å². The minimum absolute atomic E-state index is 0.187. The van der Waals surface area contributed by atoms with Crippen molar-refractivity contribution in [1.82, 2.24) is 15.6 Å². The fraction of sp³-hybridized carbons (Fsp3) is 0.350. The Kier molecular flexibility index (Phi) is 7.14. The molecule has 0 aliphatic heterocycles. The molecular formula is C20H25N3O2. The number of aryl methyl sites for hydroxylation is 1. The normalized spacial score (nSPS) is 10.5. The highest BCUT2D eigenvalue weighted by molar-refractivity contribution is 5.98. The molecule has 2 aromatic rings. The molecule has 5 nitrogen and oxygen atoms in total. The lowest BCUT2D eigenvalue weighted by molar-refractivity contribution is 0.0944. The van der Waals surface area contributed by atoms with Gasteiger partial charge in [-0.05, 0) is 36.5 Å². The third kappa shape index (κ3) is 6.37. The van der Waals surface area contributed by atoms with Crippen molar-refractivity contribution in [3.05, 3.63) is 65.5 Å².